The van der Waals surface area contributed by atoms with Crippen LogP contribution >= 0.6 is 34.3 Å². The minimum absolute atomic E-state index is 0.119. The van der Waals surface area contributed by atoms with Crippen molar-refractivity contribution >= 4 is 40.2 Å². The number of rotatable bonds is 4. The quantitative estimate of drug-likeness (QED) is 0.705. The monoisotopic (exact) mass is 418 g/mol. The van der Waals surface area contributed by atoms with E-state index in [9.17, 15) is 4.79 Å². The van der Waals surface area contributed by atoms with E-state index in [1.54, 1.807) is 11.3 Å². The Morgan fingerprint density at radius 1 is 1.30 bits per heavy atom. The van der Waals surface area contributed by atoms with Gasteiger partial charge in [0.1, 0.15) is 16.4 Å². The van der Waals surface area contributed by atoms with Crippen LogP contribution in [0, 0.1) is 6.92 Å². The molecule has 1 aromatic carbocycles. The average Bonchev–Trinajstić information content (AvgIpc) is 3.31. The molecule has 3 heterocycles. The van der Waals surface area contributed by atoms with Crippen molar-refractivity contribution in [1.82, 2.24) is 9.88 Å². The second-order valence-corrected chi connectivity index (χ2v) is 9.01. The summed E-state index contributed by atoms with van der Waals surface area (Å²) in [6.07, 6.45) is 0. The highest BCUT2D eigenvalue weighted by Gasteiger charge is 2.27. The van der Waals surface area contributed by atoms with Gasteiger partial charge in [0.2, 0.25) is 0 Å². The number of quaternary nitrogens is 1. The van der Waals surface area contributed by atoms with Gasteiger partial charge in [-0.1, -0.05) is 23.7 Å². The molecule has 0 unspecified atom stereocenters. The lowest BCUT2D eigenvalue weighted by molar-refractivity contribution is -0.917. The van der Waals surface area contributed by atoms with E-state index in [0.29, 0.717) is 0 Å². The van der Waals surface area contributed by atoms with E-state index in [-0.39, 0.29) is 5.91 Å². The second-order valence-electron chi connectivity index (χ2n) is 6.79. The van der Waals surface area contributed by atoms with E-state index in [0.717, 1.165) is 58.9 Å². The minimum Gasteiger partial charge on any atom is -0.328 e. The number of benzene rings is 1. The van der Waals surface area contributed by atoms with Crippen LogP contribution in [0.15, 0.2) is 41.1 Å². The number of carbonyl (C=O) groups is 1. The summed E-state index contributed by atoms with van der Waals surface area (Å²) >= 11 is 9.24. The molecule has 0 aliphatic carbocycles. The molecule has 1 amide bonds. The van der Waals surface area contributed by atoms with Crippen LogP contribution in [0.2, 0.25) is 5.02 Å². The van der Waals surface area contributed by atoms with Gasteiger partial charge in [0.05, 0.1) is 31.9 Å². The van der Waals surface area contributed by atoms with Crippen LogP contribution in [0.5, 0.6) is 0 Å². The molecule has 1 N–H and O–H groups in total. The molecular weight excluding hydrogens is 398 g/mol. The molecule has 3 aromatic rings. The van der Waals surface area contributed by atoms with Gasteiger partial charge in [-0.3, -0.25) is 4.79 Å². The summed E-state index contributed by atoms with van der Waals surface area (Å²) in [6, 6.07) is 10.1. The van der Waals surface area contributed by atoms with Crippen molar-refractivity contribution in [2.24, 2.45) is 0 Å². The zero-order chi connectivity index (χ0) is 18.8. The van der Waals surface area contributed by atoms with Crippen LogP contribution in [-0.4, -0.2) is 42.0 Å². The number of hydrogen-bond acceptors (Lipinski definition) is 4. The predicted molar refractivity (Wildman–Crippen MR) is 112 cm³/mol. The normalized spacial score (nSPS) is 15.3. The number of nitrogens with one attached hydrogen (secondary N) is 1. The van der Waals surface area contributed by atoms with Gasteiger partial charge in [-0.15, -0.1) is 11.3 Å². The first-order valence-corrected chi connectivity index (χ1v) is 11.1. The van der Waals surface area contributed by atoms with Crippen molar-refractivity contribution < 1.29 is 9.69 Å². The van der Waals surface area contributed by atoms with Gasteiger partial charge in [-0.25, -0.2) is 4.98 Å². The van der Waals surface area contributed by atoms with E-state index in [1.807, 2.05) is 35.4 Å². The number of piperazine rings is 1. The Kier molecular flexibility index (Phi) is 5.59. The third-order valence-corrected chi connectivity index (χ3v) is 6.97. The van der Waals surface area contributed by atoms with Crippen molar-refractivity contribution in [3.8, 4) is 10.6 Å². The van der Waals surface area contributed by atoms with Crippen molar-refractivity contribution in [3.63, 3.8) is 0 Å². The van der Waals surface area contributed by atoms with Crippen molar-refractivity contribution in [2.45, 2.75) is 13.5 Å². The summed E-state index contributed by atoms with van der Waals surface area (Å²) in [5.74, 6) is 0.119. The number of aryl methyl sites for hydroxylation is 1. The van der Waals surface area contributed by atoms with Gasteiger partial charge < -0.3 is 9.80 Å². The van der Waals surface area contributed by atoms with Gasteiger partial charge >= 0.3 is 0 Å². The fourth-order valence-corrected chi connectivity index (χ4v) is 5.35. The Balaban J connectivity index is 1.39. The number of hydrogen-bond donors (Lipinski definition) is 1. The summed E-state index contributed by atoms with van der Waals surface area (Å²) in [5.41, 5.74) is 3.18. The molecule has 27 heavy (non-hydrogen) atoms. The highest BCUT2D eigenvalue weighted by molar-refractivity contribution is 7.17. The molecule has 2 aromatic heterocycles. The molecule has 0 radical (unpaired) electrons. The van der Waals surface area contributed by atoms with Crippen molar-refractivity contribution in [1.29, 1.82) is 0 Å². The Morgan fingerprint density at radius 2 is 2.11 bits per heavy atom. The lowest BCUT2D eigenvalue weighted by Gasteiger charge is -2.32. The van der Waals surface area contributed by atoms with Crippen molar-refractivity contribution in [3.05, 3.63) is 62.2 Å². The molecule has 1 aliphatic heterocycles. The maximum atomic E-state index is 13.0. The van der Waals surface area contributed by atoms with Gasteiger partial charge in [-0.05, 0) is 30.5 Å². The number of nitrogens with zero attached hydrogens (tertiary/aromatic N) is 2. The molecule has 140 valence electrons. The second kappa shape index (κ2) is 8.10. The van der Waals surface area contributed by atoms with Crippen LogP contribution in [0.3, 0.4) is 0 Å². The third-order valence-electron chi connectivity index (χ3n) is 4.86. The molecule has 4 nitrogen and oxygen atoms in total. The lowest BCUT2D eigenvalue weighted by Crippen LogP contribution is -3.13. The van der Waals surface area contributed by atoms with E-state index < -0.39 is 0 Å². The maximum Gasteiger partial charge on any atom is 0.266 e. The van der Waals surface area contributed by atoms with Gasteiger partial charge in [0.15, 0.2) is 0 Å². The lowest BCUT2D eigenvalue weighted by atomic mass is 10.2. The maximum absolute atomic E-state index is 13.0. The fraction of sp³-hybridized carbons (Fsp3) is 0.300. The van der Waals surface area contributed by atoms with Crippen LogP contribution in [0.1, 0.15) is 20.9 Å². The molecule has 0 bridgehead atoms. The molecule has 0 atom stereocenters. The molecule has 1 saturated heterocycles. The zero-order valence-electron chi connectivity index (χ0n) is 15.1. The molecule has 7 heteroatoms. The predicted octanol–water partition coefficient (Wildman–Crippen LogP) is 3.37. The summed E-state index contributed by atoms with van der Waals surface area (Å²) in [6.45, 7) is 6.34. The topological polar surface area (TPSA) is 37.6 Å². The van der Waals surface area contributed by atoms with Crippen molar-refractivity contribution in [2.75, 3.05) is 26.2 Å². The molecular formula is C20H21ClN3OS2+. The number of halogens is 1. The Morgan fingerprint density at radius 3 is 2.81 bits per heavy atom. The summed E-state index contributed by atoms with van der Waals surface area (Å²) in [5, 5.41) is 5.82. The fourth-order valence-electron chi connectivity index (χ4n) is 3.39. The van der Waals surface area contributed by atoms with E-state index in [2.05, 4.69) is 22.5 Å². The SMILES string of the molecule is Cc1nc(-c2ccsc2)sc1C(=O)N1CC[NH+](Cc2cccc(Cl)c2)CC1. The number of thiazole rings is 1. The van der Waals surface area contributed by atoms with Gasteiger partial charge in [0.25, 0.3) is 5.91 Å². The average molecular weight is 419 g/mol. The molecule has 0 saturated carbocycles. The number of thiophene rings is 1. The van der Waals surface area contributed by atoms with Crippen LogP contribution in [0.25, 0.3) is 10.6 Å². The molecule has 1 fully saturated rings. The number of amides is 1. The highest BCUT2D eigenvalue weighted by Crippen LogP contribution is 2.30. The van der Waals surface area contributed by atoms with Gasteiger partial charge in [-0.2, -0.15) is 11.3 Å². The Hall–Kier alpha value is -1.73. The highest BCUT2D eigenvalue weighted by atomic mass is 35.5. The first-order chi connectivity index (χ1) is 13.1. The number of aromatic nitrogens is 1. The Bertz CT molecular complexity index is 931. The first kappa shape index (κ1) is 18.6. The molecule has 1 aliphatic rings. The van der Waals surface area contributed by atoms with E-state index in [1.165, 1.54) is 21.8 Å². The largest absolute Gasteiger partial charge is 0.328 e. The smallest absolute Gasteiger partial charge is 0.266 e. The molecule has 4 rings (SSSR count). The summed E-state index contributed by atoms with van der Waals surface area (Å²) in [4.78, 5) is 21.8. The van der Waals surface area contributed by atoms with Crippen LogP contribution < -0.4 is 4.90 Å². The van der Waals surface area contributed by atoms with E-state index >= 15 is 0 Å². The van der Waals surface area contributed by atoms with E-state index in [4.69, 9.17) is 11.6 Å². The van der Waals surface area contributed by atoms with Crippen LogP contribution in [0.4, 0.5) is 0 Å². The Labute approximate surface area is 172 Å². The summed E-state index contributed by atoms with van der Waals surface area (Å²) in [7, 11) is 0. The van der Waals surface area contributed by atoms with Crippen LogP contribution in [-0.2, 0) is 6.54 Å². The third kappa shape index (κ3) is 4.24. The first-order valence-electron chi connectivity index (χ1n) is 8.97. The molecule has 0 spiro atoms. The number of carbonyl (C=O) groups excluding carboxylic acids is 1. The standard InChI is InChI=1S/C20H20ClN3OS2/c1-14-18(27-19(22-14)16-5-10-26-13-16)20(25)24-8-6-23(7-9-24)12-15-3-2-4-17(21)11-15/h2-5,10-11,13H,6-9,12H2,1H3/p+1. The summed E-state index contributed by atoms with van der Waals surface area (Å²) < 4.78 is 0. The minimum atomic E-state index is 0.119. The van der Waals surface area contributed by atoms with Gasteiger partial charge in [0, 0.05) is 21.5 Å². The zero-order valence-corrected chi connectivity index (χ0v) is 17.5.